The predicted molar refractivity (Wildman–Crippen MR) is 97.4 cm³/mol. The molecule has 0 amide bonds. The average Bonchev–Trinajstić information content (AvgIpc) is 2.55. The Morgan fingerprint density at radius 3 is 2.26 bits per heavy atom. The summed E-state index contributed by atoms with van der Waals surface area (Å²) >= 11 is 6.07. The molecule has 0 aliphatic heterocycles. The van der Waals surface area contributed by atoms with E-state index in [1.54, 1.807) is 0 Å². The van der Waals surface area contributed by atoms with Gasteiger partial charge >= 0.3 is 0 Å². The number of fused-ring (bicyclic) bond motifs is 1. The number of guanidine groups is 1. The summed E-state index contributed by atoms with van der Waals surface area (Å²) in [5.41, 5.74) is 10.7. The minimum Gasteiger partial charge on any atom is -0.370 e. The lowest BCUT2D eigenvalue weighted by molar-refractivity contribution is -0.0769. The molecule has 0 spiro atoms. The van der Waals surface area contributed by atoms with Crippen LogP contribution in [0.15, 0.2) is 34.3 Å². The molecule has 2 rings (SSSR count). The van der Waals surface area contributed by atoms with Crippen molar-refractivity contribution < 1.29 is 28.8 Å². The zero-order valence-electron chi connectivity index (χ0n) is 13.8. The molecule has 27 heavy (non-hydrogen) atoms. The number of halogens is 1. The van der Waals surface area contributed by atoms with Gasteiger partial charge < -0.3 is 31.9 Å². The predicted octanol–water partition coefficient (Wildman–Crippen LogP) is -1.59. The van der Waals surface area contributed by atoms with E-state index in [2.05, 4.69) is 9.98 Å². The van der Waals surface area contributed by atoms with Crippen LogP contribution in [0.25, 0.3) is 10.8 Å². The van der Waals surface area contributed by atoms with Crippen molar-refractivity contribution >= 4 is 44.2 Å². The Bertz CT molecular complexity index is 952. The van der Waals surface area contributed by atoms with Gasteiger partial charge in [-0.15, -0.1) is 0 Å². The number of nitrogens with zero attached hydrogens (tertiary/aromatic N) is 3. The summed E-state index contributed by atoms with van der Waals surface area (Å²) in [5.74, 6) is -0.268. The number of hydrogen-bond donors (Lipinski definition) is 6. The van der Waals surface area contributed by atoms with Crippen molar-refractivity contribution in [2.45, 2.75) is 17.5 Å². The SMILES string of the molecule is NC(N)=Nc1ncc(Cl)c2ccc(S(=O)(=O)N(CC(O)O)CC(O)O)cc12. The third-order valence-corrected chi connectivity index (χ3v) is 5.52. The minimum absolute atomic E-state index is 0.0300. The highest BCUT2D eigenvalue weighted by Gasteiger charge is 2.28. The summed E-state index contributed by atoms with van der Waals surface area (Å²) < 4.78 is 26.1. The number of benzene rings is 1. The van der Waals surface area contributed by atoms with E-state index >= 15 is 0 Å². The van der Waals surface area contributed by atoms with E-state index in [0.717, 1.165) is 0 Å². The highest BCUT2D eigenvalue weighted by molar-refractivity contribution is 7.89. The standard InChI is InChI=1S/C14H18ClN5O6S/c15-10-4-18-13(19-14(16)17)9-3-7(1-2-8(9)10)27(25,26)20(5-11(21)22)6-12(23)24/h1-4,11-12,21-24H,5-6H2,(H4,16,17,18,19). The zero-order valence-corrected chi connectivity index (χ0v) is 15.3. The van der Waals surface area contributed by atoms with Gasteiger partial charge in [-0.3, -0.25) is 0 Å². The van der Waals surface area contributed by atoms with Crippen LogP contribution in [0, 0.1) is 0 Å². The van der Waals surface area contributed by atoms with E-state index in [1.165, 1.54) is 24.4 Å². The first-order valence-corrected chi connectivity index (χ1v) is 9.24. The number of aliphatic hydroxyl groups is 4. The normalized spacial score (nSPS) is 12.3. The largest absolute Gasteiger partial charge is 0.370 e. The van der Waals surface area contributed by atoms with Gasteiger partial charge in [-0.1, -0.05) is 17.7 Å². The molecule has 0 fully saturated rings. The molecule has 0 saturated carbocycles. The van der Waals surface area contributed by atoms with Crippen LogP contribution in [0.5, 0.6) is 0 Å². The molecule has 0 radical (unpaired) electrons. The number of aliphatic imine (C=N–C) groups is 1. The van der Waals surface area contributed by atoms with Crippen LogP contribution in [-0.2, 0) is 10.0 Å². The topological polar surface area (TPSA) is 196 Å². The zero-order chi connectivity index (χ0) is 20.4. The van der Waals surface area contributed by atoms with Crippen molar-refractivity contribution in [3.63, 3.8) is 0 Å². The monoisotopic (exact) mass is 419 g/mol. The summed E-state index contributed by atoms with van der Waals surface area (Å²) in [7, 11) is -4.33. The molecule has 8 N–H and O–H groups in total. The molecule has 0 atom stereocenters. The molecular formula is C14H18ClN5O6S. The van der Waals surface area contributed by atoms with E-state index in [9.17, 15) is 8.42 Å². The molecule has 0 saturated heterocycles. The number of pyridine rings is 1. The number of sulfonamides is 1. The lowest BCUT2D eigenvalue weighted by Crippen LogP contribution is -2.42. The quantitative estimate of drug-likeness (QED) is 0.174. The summed E-state index contributed by atoms with van der Waals surface area (Å²) in [6.07, 6.45) is -2.74. The smallest absolute Gasteiger partial charge is 0.243 e. The fourth-order valence-corrected chi connectivity index (χ4v) is 4.01. The van der Waals surface area contributed by atoms with E-state index in [-0.39, 0.29) is 27.1 Å². The molecule has 0 aliphatic carbocycles. The van der Waals surface area contributed by atoms with Gasteiger partial charge in [-0.2, -0.15) is 9.30 Å². The fourth-order valence-electron chi connectivity index (χ4n) is 2.33. The minimum atomic E-state index is -4.33. The van der Waals surface area contributed by atoms with Crippen LogP contribution >= 0.6 is 11.6 Å². The van der Waals surface area contributed by atoms with Gasteiger partial charge in [-0.25, -0.2) is 13.4 Å². The third kappa shape index (κ3) is 5.01. The Balaban J connectivity index is 2.64. The first-order chi connectivity index (χ1) is 12.5. The van der Waals surface area contributed by atoms with Crippen LogP contribution in [-0.4, -0.2) is 69.8 Å². The maximum atomic E-state index is 12.8. The highest BCUT2D eigenvalue weighted by Crippen LogP contribution is 2.32. The number of rotatable bonds is 7. The Morgan fingerprint density at radius 1 is 1.15 bits per heavy atom. The van der Waals surface area contributed by atoms with Crippen LogP contribution in [0.4, 0.5) is 5.82 Å². The number of hydrogen-bond acceptors (Lipinski definition) is 8. The van der Waals surface area contributed by atoms with Crippen molar-refractivity contribution in [3.8, 4) is 0 Å². The molecule has 1 aromatic carbocycles. The third-order valence-electron chi connectivity index (χ3n) is 3.40. The number of aromatic nitrogens is 1. The molecule has 2 aromatic rings. The Kier molecular flexibility index (Phi) is 6.54. The maximum absolute atomic E-state index is 12.8. The highest BCUT2D eigenvalue weighted by atomic mass is 35.5. The molecule has 148 valence electrons. The summed E-state index contributed by atoms with van der Waals surface area (Å²) in [6.45, 7) is -1.54. The van der Waals surface area contributed by atoms with Gasteiger partial charge in [0.05, 0.1) is 23.0 Å². The van der Waals surface area contributed by atoms with Gasteiger partial charge in [0.25, 0.3) is 0 Å². The molecule has 0 aliphatic rings. The lowest BCUT2D eigenvalue weighted by Gasteiger charge is -2.23. The van der Waals surface area contributed by atoms with E-state index in [0.29, 0.717) is 9.69 Å². The molecule has 0 unspecified atom stereocenters. The van der Waals surface area contributed by atoms with Gasteiger partial charge in [0.2, 0.25) is 10.0 Å². The van der Waals surface area contributed by atoms with Crippen molar-refractivity contribution in [1.29, 1.82) is 0 Å². The van der Waals surface area contributed by atoms with Gasteiger partial charge in [0, 0.05) is 17.0 Å². The van der Waals surface area contributed by atoms with Gasteiger partial charge in [0.1, 0.15) is 0 Å². The summed E-state index contributed by atoms with van der Waals surface area (Å²) in [4.78, 5) is 7.51. The van der Waals surface area contributed by atoms with Crippen LogP contribution < -0.4 is 11.5 Å². The average molecular weight is 420 g/mol. The van der Waals surface area contributed by atoms with Crippen molar-refractivity contribution in [1.82, 2.24) is 9.29 Å². The molecule has 13 heteroatoms. The Morgan fingerprint density at radius 2 is 1.74 bits per heavy atom. The summed E-state index contributed by atoms with van der Waals surface area (Å²) in [6, 6.07) is 3.83. The van der Waals surface area contributed by atoms with Gasteiger partial charge in [-0.05, 0) is 12.1 Å². The first kappa shape index (κ1) is 21.2. The number of nitrogens with two attached hydrogens (primary N) is 2. The van der Waals surface area contributed by atoms with E-state index in [4.69, 9.17) is 43.5 Å². The second kappa shape index (κ2) is 8.31. The second-order valence-corrected chi connectivity index (χ2v) is 7.80. The van der Waals surface area contributed by atoms with Crippen molar-refractivity contribution in [2.75, 3.05) is 13.1 Å². The van der Waals surface area contributed by atoms with Gasteiger partial charge in [0.15, 0.2) is 24.4 Å². The van der Waals surface area contributed by atoms with Crippen molar-refractivity contribution in [3.05, 3.63) is 29.4 Å². The van der Waals surface area contributed by atoms with Crippen molar-refractivity contribution in [2.24, 2.45) is 16.5 Å². The van der Waals surface area contributed by atoms with Crippen LogP contribution in [0.3, 0.4) is 0 Å². The van der Waals surface area contributed by atoms with E-state index < -0.39 is 35.7 Å². The fraction of sp³-hybridized carbons (Fsp3) is 0.286. The second-order valence-electron chi connectivity index (χ2n) is 5.46. The molecule has 1 aromatic heterocycles. The van der Waals surface area contributed by atoms with Crippen LogP contribution in [0.2, 0.25) is 5.02 Å². The summed E-state index contributed by atoms with van der Waals surface area (Å²) in [5, 5.41) is 37.3. The molecule has 1 heterocycles. The molecule has 0 bridgehead atoms. The maximum Gasteiger partial charge on any atom is 0.243 e. The molecule has 11 nitrogen and oxygen atoms in total. The Labute approximate surface area is 159 Å². The van der Waals surface area contributed by atoms with E-state index in [1.807, 2.05) is 0 Å². The first-order valence-electron chi connectivity index (χ1n) is 7.42. The molecular weight excluding hydrogens is 402 g/mol. The van der Waals surface area contributed by atoms with Crippen LogP contribution in [0.1, 0.15) is 0 Å². The number of aliphatic hydroxyl groups excluding tert-OH is 2. The Hall–Kier alpha value is -2.06. The lowest BCUT2D eigenvalue weighted by atomic mass is 10.1.